The number of halogens is 1. The van der Waals surface area contributed by atoms with Crippen molar-refractivity contribution in [2.45, 2.75) is 70.4 Å². The second-order valence-corrected chi connectivity index (χ2v) is 13.3. The monoisotopic (exact) mass is 572 g/mol. The average Bonchev–Trinajstić information content (AvgIpc) is 3.47. The first-order valence-corrected chi connectivity index (χ1v) is 15.6. The number of hydrogen-bond acceptors (Lipinski definition) is 5. The van der Waals surface area contributed by atoms with Crippen LogP contribution in [0.5, 0.6) is 0 Å². The zero-order valence-electron chi connectivity index (χ0n) is 23.4. The summed E-state index contributed by atoms with van der Waals surface area (Å²) < 4.78 is 5.71. The predicted octanol–water partition coefficient (Wildman–Crippen LogP) is 6.69. The fourth-order valence-corrected chi connectivity index (χ4v) is 8.66. The summed E-state index contributed by atoms with van der Waals surface area (Å²) in [4.78, 5) is 36.9. The van der Waals surface area contributed by atoms with Gasteiger partial charge in [0.2, 0.25) is 23.5 Å². The summed E-state index contributed by atoms with van der Waals surface area (Å²) in [6, 6.07) is 17.1. The van der Waals surface area contributed by atoms with Crippen LogP contribution in [0.4, 0.5) is 0 Å². The number of nitrogens with zero attached hydrogens (tertiary/aromatic N) is 4. The Morgan fingerprint density at radius 3 is 2.32 bits per heavy atom. The molecule has 5 fully saturated rings. The number of likely N-dealkylation sites (tertiary alicyclic amines) is 1. The van der Waals surface area contributed by atoms with E-state index in [9.17, 15) is 9.59 Å². The Bertz CT molecular complexity index is 1370. The van der Waals surface area contributed by atoms with E-state index in [1.54, 1.807) is 12.1 Å². The minimum absolute atomic E-state index is 0.0463. The Kier molecular flexibility index (Phi) is 7.10. The second-order valence-electron chi connectivity index (χ2n) is 12.9. The van der Waals surface area contributed by atoms with Gasteiger partial charge in [-0.05, 0) is 105 Å². The molecule has 1 aliphatic heterocycles. The Morgan fingerprint density at radius 2 is 1.63 bits per heavy atom. The standard InChI is InChI=1S/C33H37ClN4O3/c34-27-11-9-26(10-12-27)30-35-31(41-36-30)28-8-4-5-13-38(28)29(39)21-37(20-22-6-2-1-3-7-22)32(40)33-17-23-14-24(18-33)16-25(15-23)19-33/h1-3,6-7,9-12,23-25,28H,4-5,8,13-21H2. The van der Waals surface area contributed by atoms with Crippen LogP contribution in [0.25, 0.3) is 11.4 Å². The summed E-state index contributed by atoms with van der Waals surface area (Å²) in [7, 11) is 0. The molecule has 0 spiro atoms. The lowest BCUT2D eigenvalue weighted by Crippen LogP contribution is -2.56. The Labute approximate surface area is 246 Å². The molecule has 3 aromatic rings. The van der Waals surface area contributed by atoms with Crippen LogP contribution in [0.3, 0.4) is 0 Å². The zero-order valence-corrected chi connectivity index (χ0v) is 24.1. The maximum absolute atomic E-state index is 14.5. The fourth-order valence-electron chi connectivity index (χ4n) is 8.54. The molecule has 2 heterocycles. The number of piperidine rings is 1. The van der Waals surface area contributed by atoms with E-state index < -0.39 is 0 Å². The van der Waals surface area contributed by atoms with Gasteiger partial charge < -0.3 is 14.3 Å². The van der Waals surface area contributed by atoms with Gasteiger partial charge in [-0.2, -0.15) is 4.98 Å². The molecule has 8 heteroatoms. The van der Waals surface area contributed by atoms with Gasteiger partial charge in [-0.25, -0.2) is 0 Å². The van der Waals surface area contributed by atoms with Crippen molar-refractivity contribution >= 4 is 23.4 Å². The summed E-state index contributed by atoms with van der Waals surface area (Å²) in [6.45, 7) is 1.14. The minimum Gasteiger partial charge on any atom is -0.337 e. The van der Waals surface area contributed by atoms with Crippen LogP contribution in [0.2, 0.25) is 5.02 Å². The molecule has 1 atom stereocenters. The van der Waals surface area contributed by atoms with Crippen LogP contribution in [0.15, 0.2) is 59.1 Å². The number of carbonyl (C=O) groups is 2. The molecule has 2 amide bonds. The molecular weight excluding hydrogens is 536 g/mol. The number of benzene rings is 2. The van der Waals surface area contributed by atoms with Crippen molar-refractivity contribution in [2.24, 2.45) is 23.2 Å². The molecule has 1 saturated heterocycles. The Hall–Kier alpha value is -3.19. The topological polar surface area (TPSA) is 79.5 Å². The number of hydrogen-bond donors (Lipinski definition) is 0. The van der Waals surface area contributed by atoms with Gasteiger partial charge in [-0.1, -0.05) is 47.1 Å². The number of carbonyl (C=O) groups excluding carboxylic acids is 2. The molecule has 7 nitrogen and oxygen atoms in total. The highest BCUT2D eigenvalue weighted by Crippen LogP contribution is 2.60. The van der Waals surface area contributed by atoms with E-state index in [0.29, 0.717) is 47.6 Å². The predicted molar refractivity (Wildman–Crippen MR) is 156 cm³/mol. The summed E-state index contributed by atoms with van der Waals surface area (Å²) in [5.41, 5.74) is 1.57. The van der Waals surface area contributed by atoms with Crippen molar-refractivity contribution in [1.29, 1.82) is 0 Å². The fraction of sp³-hybridized carbons (Fsp3) is 0.515. The largest absolute Gasteiger partial charge is 0.337 e. The van der Waals surface area contributed by atoms with Gasteiger partial charge in [0, 0.05) is 23.7 Å². The third kappa shape index (κ3) is 5.29. The van der Waals surface area contributed by atoms with E-state index in [1.807, 2.05) is 52.3 Å². The summed E-state index contributed by atoms with van der Waals surface area (Å²) >= 11 is 6.05. The maximum Gasteiger partial charge on any atom is 0.249 e. The first-order chi connectivity index (χ1) is 20.0. The third-order valence-corrected chi connectivity index (χ3v) is 10.2. The molecule has 1 aromatic heterocycles. The summed E-state index contributed by atoms with van der Waals surface area (Å²) in [5, 5.41) is 4.85. The van der Waals surface area contributed by atoms with Gasteiger partial charge >= 0.3 is 0 Å². The summed E-state index contributed by atoms with van der Waals surface area (Å²) in [6.07, 6.45) is 9.45. The highest BCUT2D eigenvalue weighted by atomic mass is 35.5. The molecule has 8 rings (SSSR count). The van der Waals surface area contributed by atoms with Crippen molar-refractivity contribution in [1.82, 2.24) is 19.9 Å². The molecule has 1 unspecified atom stereocenters. The lowest BCUT2D eigenvalue weighted by Gasteiger charge is -2.56. The van der Waals surface area contributed by atoms with E-state index in [0.717, 1.165) is 49.7 Å². The molecule has 2 aromatic carbocycles. The maximum atomic E-state index is 14.5. The Morgan fingerprint density at radius 1 is 0.951 bits per heavy atom. The third-order valence-electron chi connectivity index (χ3n) is 9.97. The lowest BCUT2D eigenvalue weighted by atomic mass is 9.49. The van der Waals surface area contributed by atoms with Crippen LogP contribution in [-0.2, 0) is 16.1 Å². The molecule has 214 valence electrons. The first kappa shape index (κ1) is 26.7. The Balaban J connectivity index is 1.13. The van der Waals surface area contributed by atoms with Crippen molar-refractivity contribution < 1.29 is 14.1 Å². The first-order valence-electron chi connectivity index (χ1n) is 15.2. The smallest absolute Gasteiger partial charge is 0.249 e. The van der Waals surface area contributed by atoms with Gasteiger partial charge in [0.15, 0.2) is 0 Å². The van der Waals surface area contributed by atoms with Crippen LogP contribution in [0.1, 0.15) is 75.3 Å². The van der Waals surface area contributed by atoms with Crippen molar-refractivity contribution in [3.63, 3.8) is 0 Å². The van der Waals surface area contributed by atoms with Gasteiger partial charge in [0.1, 0.15) is 12.6 Å². The highest BCUT2D eigenvalue weighted by Gasteiger charge is 2.55. The van der Waals surface area contributed by atoms with Gasteiger partial charge in [-0.15, -0.1) is 0 Å². The van der Waals surface area contributed by atoms with Gasteiger partial charge in [0.25, 0.3) is 0 Å². The molecular formula is C33H37ClN4O3. The number of rotatable bonds is 7. The van der Waals surface area contributed by atoms with Crippen LogP contribution in [-0.4, -0.2) is 44.8 Å². The van der Waals surface area contributed by atoms with E-state index in [-0.39, 0.29) is 29.8 Å². The normalized spacial score (nSPS) is 28.6. The highest BCUT2D eigenvalue weighted by molar-refractivity contribution is 6.30. The zero-order chi connectivity index (χ0) is 28.0. The van der Waals surface area contributed by atoms with E-state index in [1.165, 1.54) is 19.3 Å². The van der Waals surface area contributed by atoms with E-state index in [4.69, 9.17) is 16.1 Å². The summed E-state index contributed by atoms with van der Waals surface area (Å²) in [5.74, 6) is 3.07. The van der Waals surface area contributed by atoms with Crippen molar-refractivity contribution in [3.05, 3.63) is 71.1 Å². The molecule has 4 bridgehead atoms. The average molecular weight is 573 g/mol. The number of aromatic nitrogens is 2. The minimum atomic E-state index is -0.301. The van der Waals surface area contributed by atoms with E-state index in [2.05, 4.69) is 10.1 Å². The van der Waals surface area contributed by atoms with Crippen LogP contribution in [0, 0.1) is 23.2 Å². The molecule has 0 radical (unpaired) electrons. The molecule has 4 saturated carbocycles. The quantitative estimate of drug-likeness (QED) is 0.315. The van der Waals surface area contributed by atoms with Crippen molar-refractivity contribution in [2.75, 3.05) is 13.1 Å². The lowest BCUT2D eigenvalue weighted by molar-refractivity contribution is -0.161. The second kappa shape index (κ2) is 10.9. The van der Waals surface area contributed by atoms with Crippen LogP contribution < -0.4 is 0 Å². The molecule has 5 aliphatic rings. The molecule has 41 heavy (non-hydrogen) atoms. The number of amides is 2. The SMILES string of the molecule is O=C(CN(Cc1ccccc1)C(=O)C12CC3CC(CC(C3)C1)C2)N1CCCCC1c1nc(-c2ccc(Cl)cc2)no1. The van der Waals surface area contributed by atoms with Gasteiger partial charge in [0.05, 0.1) is 5.41 Å². The van der Waals surface area contributed by atoms with Gasteiger partial charge in [-0.3, -0.25) is 9.59 Å². The molecule has 4 aliphatic carbocycles. The van der Waals surface area contributed by atoms with Crippen LogP contribution >= 0.6 is 11.6 Å². The van der Waals surface area contributed by atoms with E-state index >= 15 is 0 Å². The van der Waals surface area contributed by atoms with Crippen molar-refractivity contribution in [3.8, 4) is 11.4 Å². The molecule has 0 N–H and O–H groups in total.